The van der Waals surface area contributed by atoms with Gasteiger partial charge < -0.3 is 9.94 Å². The van der Waals surface area contributed by atoms with Gasteiger partial charge in [-0.3, -0.25) is 4.79 Å². The van der Waals surface area contributed by atoms with Gasteiger partial charge in [0.25, 0.3) is 0 Å². The molecule has 0 aromatic heterocycles. The van der Waals surface area contributed by atoms with Crippen LogP contribution in [0, 0.1) is 13.8 Å². The van der Waals surface area contributed by atoms with Gasteiger partial charge in [-0.15, -0.1) is 5.06 Å². The molecule has 0 saturated heterocycles. The van der Waals surface area contributed by atoms with Gasteiger partial charge in [0.1, 0.15) is 0 Å². The van der Waals surface area contributed by atoms with Gasteiger partial charge in [0, 0.05) is 0 Å². The molecule has 1 N–H and O–H groups in total. The summed E-state index contributed by atoms with van der Waals surface area (Å²) in [7, 11) is 0. The van der Waals surface area contributed by atoms with Crippen LogP contribution in [-0.2, 0) is 22.6 Å². The fourth-order valence-corrected chi connectivity index (χ4v) is 4.45. The monoisotopic (exact) mass is 473 g/mol. The van der Waals surface area contributed by atoms with Gasteiger partial charge >= 0.3 is 5.97 Å². The Kier molecular flexibility index (Phi) is 9.64. The van der Waals surface area contributed by atoms with Crippen LogP contribution in [0.5, 0.6) is 0 Å². The first-order valence-corrected chi connectivity index (χ1v) is 12.6. The Morgan fingerprint density at radius 3 is 2.20 bits per heavy atom. The Bertz CT molecular complexity index is 1070. The number of nitrogens with zero attached hydrogens (tertiary/aromatic N) is 1. The van der Waals surface area contributed by atoms with Crippen LogP contribution in [0.1, 0.15) is 73.4 Å². The van der Waals surface area contributed by atoms with E-state index in [0.29, 0.717) is 19.4 Å². The van der Waals surface area contributed by atoms with E-state index >= 15 is 0 Å². The minimum Gasteiger partial charge on any atom is -0.389 e. The molecule has 0 aliphatic heterocycles. The molecular weight excluding hydrogens is 434 g/mol. The van der Waals surface area contributed by atoms with Crippen LogP contribution in [0.4, 0.5) is 0 Å². The number of aliphatic hydroxyl groups is 1. The third-order valence-electron chi connectivity index (χ3n) is 6.75. The highest BCUT2D eigenvalue weighted by molar-refractivity contribution is 5.70. The van der Waals surface area contributed by atoms with Crippen LogP contribution in [0.25, 0.3) is 0 Å². The Hall–Kier alpha value is -2.95. The minimum absolute atomic E-state index is 0.0292. The number of carbonyl (C=O) groups is 1. The first-order valence-electron chi connectivity index (χ1n) is 12.6. The Morgan fingerprint density at radius 1 is 0.914 bits per heavy atom. The molecule has 0 radical (unpaired) electrons. The quantitative estimate of drug-likeness (QED) is 0.291. The van der Waals surface area contributed by atoms with Crippen molar-refractivity contribution in [1.29, 1.82) is 0 Å². The number of carbonyl (C=O) groups excluding carboxylic acids is 1. The van der Waals surface area contributed by atoms with Crippen LogP contribution in [-0.4, -0.2) is 21.7 Å². The van der Waals surface area contributed by atoms with Crippen molar-refractivity contribution in [2.75, 3.05) is 0 Å². The van der Waals surface area contributed by atoms with Crippen molar-refractivity contribution in [3.8, 4) is 0 Å². The minimum atomic E-state index is -1.09. The van der Waals surface area contributed by atoms with E-state index in [1.807, 2.05) is 62.4 Å². The molecule has 35 heavy (non-hydrogen) atoms. The lowest BCUT2D eigenvalue weighted by atomic mass is 9.87. The lowest BCUT2D eigenvalue weighted by molar-refractivity contribution is -0.210. The topological polar surface area (TPSA) is 49.8 Å². The number of hydrogen-bond donors (Lipinski definition) is 1. The molecule has 4 nitrogen and oxygen atoms in total. The second-order valence-electron chi connectivity index (χ2n) is 9.68. The normalized spacial score (nSPS) is 13.9. The van der Waals surface area contributed by atoms with Crippen LogP contribution in [0.3, 0.4) is 0 Å². The molecule has 0 heterocycles. The van der Waals surface area contributed by atoms with E-state index in [4.69, 9.17) is 4.84 Å². The molecule has 0 aliphatic rings. The average molecular weight is 474 g/mol. The molecule has 3 aromatic carbocycles. The van der Waals surface area contributed by atoms with E-state index < -0.39 is 11.6 Å². The highest BCUT2D eigenvalue weighted by Crippen LogP contribution is 2.28. The van der Waals surface area contributed by atoms with E-state index in [0.717, 1.165) is 29.5 Å². The van der Waals surface area contributed by atoms with Crippen LogP contribution in [0.2, 0.25) is 0 Å². The average Bonchev–Trinajstić information content (AvgIpc) is 2.85. The smallest absolute Gasteiger partial charge is 0.327 e. The van der Waals surface area contributed by atoms with Gasteiger partial charge in [-0.2, -0.15) is 0 Å². The van der Waals surface area contributed by atoms with Crippen LogP contribution in [0.15, 0.2) is 78.9 Å². The highest BCUT2D eigenvalue weighted by atomic mass is 16.7. The fraction of sp³-hybridized carbons (Fsp3) is 0.387. The number of aryl methyl sites for hydroxylation is 3. The van der Waals surface area contributed by atoms with Gasteiger partial charge in [0.2, 0.25) is 0 Å². The molecule has 3 rings (SSSR count). The van der Waals surface area contributed by atoms with Crippen molar-refractivity contribution in [3.05, 3.63) is 107 Å². The first kappa shape index (κ1) is 26.7. The van der Waals surface area contributed by atoms with E-state index in [9.17, 15) is 9.90 Å². The van der Waals surface area contributed by atoms with Crippen LogP contribution >= 0.6 is 0 Å². The molecule has 2 atom stereocenters. The maximum Gasteiger partial charge on any atom is 0.327 e. The molecular formula is C31H39NO3. The maximum atomic E-state index is 13.2. The predicted octanol–water partition coefficient (Wildman–Crippen LogP) is 6.88. The summed E-state index contributed by atoms with van der Waals surface area (Å²) in [5, 5.41) is 13.1. The Balaban J connectivity index is 1.74. The highest BCUT2D eigenvalue weighted by Gasteiger charge is 2.32. The molecule has 186 valence electrons. The van der Waals surface area contributed by atoms with Crippen molar-refractivity contribution >= 4 is 5.97 Å². The van der Waals surface area contributed by atoms with Crippen molar-refractivity contribution in [2.24, 2.45) is 0 Å². The number of hydroxylamine groups is 2. The van der Waals surface area contributed by atoms with E-state index in [1.165, 1.54) is 11.1 Å². The van der Waals surface area contributed by atoms with Crippen LogP contribution < -0.4 is 0 Å². The van der Waals surface area contributed by atoms with Gasteiger partial charge in [-0.25, -0.2) is 0 Å². The zero-order chi connectivity index (χ0) is 25.3. The molecule has 4 heteroatoms. The van der Waals surface area contributed by atoms with Crippen molar-refractivity contribution < 1.29 is 14.7 Å². The summed E-state index contributed by atoms with van der Waals surface area (Å²) >= 11 is 0. The van der Waals surface area contributed by atoms with E-state index in [-0.39, 0.29) is 12.5 Å². The molecule has 0 amide bonds. The zero-order valence-corrected chi connectivity index (χ0v) is 21.5. The lowest BCUT2D eigenvalue weighted by Crippen LogP contribution is -2.37. The van der Waals surface area contributed by atoms with Gasteiger partial charge in [0.05, 0.1) is 24.6 Å². The third-order valence-corrected chi connectivity index (χ3v) is 6.75. The predicted molar refractivity (Wildman–Crippen MR) is 142 cm³/mol. The summed E-state index contributed by atoms with van der Waals surface area (Å²) < 4.78 is 0. The Labute approximate surface area is 210 Å². The summed E-state index contributed by atoms with van der Waals surface area (Å²) in [4.78, 5) is 19.1. The number of hydrogen-bond acceptors (Lipinski definition) is 4. The number of benzene rings is 3. The van der Waals surface area contributed by atoms with Gasteiger partial charge in [0.15, 0.2) is 0 Å². The van der Waals surface area contributed by atoms with E-state index in [1.54, 1.807) is 5.06 Å². The first-order chi connectivity index (χ1) is 16.8. The largest absolute Gasteiger partial charge is 0.389 e. The Morgan fingerprint density at radius 2 is 1.57 bits per heavy atom. The van der Waals surface area contributed by atoms with Crippen molar-refractivity contribution in [1.82, 2.24) is 5.06 Å². The second-order valence-corrected chi connectivity index (χ2v) is 9.68. The third kappa shape index (κ3) is 8.05. The lowest BCUT2D eigenvalue weighted by Gasteiger charge is -2.31. The molecule has 0 spiro atoms. The fourth-order valence-electron chi connectivity index (χ4n) is 4.45. The maximum absolute atomic E-state index is 13.2. The number of rotatable bonds is 12. The van der Waals surface area contributed by atoms with Crippen molar-refractivity contribution in [3.63, 3.8) is 0 Å². The summed E-state index contributed by atoms with van der Waals surface area (Å²) in [6.45, 7) is 8.72. The molecule has 0 saturated carbocycles. The summed E-state index contributed by atoms with van der Waals surface area (Å²) in [6, 6.07) is 26.3. The molecule has 0 aliphatic carbocycles. The van der Waals surface area contributed by atoms with Gasteiger partial charge in [-0.05, 0) is 67.9 Å². The van der Waals surface area contributed by atoms with Gasteiger partial charge in [-0.1, -0.05) is 92.2 Å². The summed E-state index contributed by atoms with van der Waals surface area (Å²) in [6.07, 6.45) is 2.56. The second kappa shape index (κ2) is 12.7. The van der Waals surface area contributed by atoms with E-state index in [2.05, 4.69) is 44.2 Å². The molecule has 3 aromatic rings. The molecule has 0 bridgehead atoms. The summed E-state index contributed by atoms with van der Waals surface area (Å²) in [5.41, 5.74) is 4.65. The summed E-state index contributed by atoms with van der Waals surface area (Å²) in [5.74, 6) is -0.402. The molecule has 0 fully saturated rings. The zero-order valence-electron chi connectivity index (χ0n) is 21.5. The van der Waals surface area contributed by atoms with Crippen molar-refractivity contribution in [2.45, 2.75) is 78.0 Å². The SMILES string of the molecule is CCC[C@@](O)(CCc1ccccc1)CC(=O)ON(Cc1ccc(C)c(C)c1)[C@H](C)c1ccccc1. The molecule has 0 unspecified atom stereocenters. The standard InChI is InChI=1S/C31H39NO3/c1-5-19-31(34,20-18-27-12-8-6-9-13-27)22-30(33)35-32(26(4)29-14-10-7-11-15-29)23-28-17-16-24(2)25(3)21-28/h6-17,21,26,34H,5,18-20,22-23H2,1-4H3/t26-,31-/m1/s1.